The molecule has 24 heavy (non-hydrogen) atoms. The molecule has 116 valence electrons. The number of methoxy groups -OCH3 is 1. The van der Waals surface area contributed by atoms with Crippen LogP contribution in [-0.2, 0) is 0 Å². The van der Waals surface area contributed by atoms with Crippen LogP contribution in [0.5, 0.6) is 5.88 Å². The Labute approximate surface area is 139 Å². The van der Waals surface area contributed by atoms with Gasteiger partial charge in [0.1, 0.15) is 0 Å². The number of pyridine rings is 1. The SMILES string of the molecule is COc1ncccc1-c1ccc(-c2cnc3ccccc3n2)cc1. The number of ether oxygens (including phenoxy) is 1. The van der Waals surface area contributed by atoms with Crippen LogP contribution in [0.4, 0.5) is 0 Å². The predicted molar refractivity (Wildman–Crippen MR) is 94.8 cm³/mol. The Bertz CT molecular complexity index is 997. The monoisotopic (exact) mass is 313 g/mol. The Hall–Kier alpha value is -3.27. The Morgan fingerprint density at radius 3 is 2.29 bits per heavy atom. The van der Waals surface area contributed by atoms with Gasteiger partial charge in [-0.15, -0.1) is 0 Å². The van der Waals surface area contributed by atoms with E-state index in [0.29, 0.717) is 5.88 Å². The van der Waals surface area contributed by atoms with Gasteiger partial charge in [-0.05, 0) is 29.8 Å². The first kappa shape index (κ1) is 14.3. The van der Waals surface area contributed by atoms with E-state index in [0.717, 1.165) is 33.4 Å². The van der Waals surface area contributed by atoms with Crippen LogP contribution in [0.15, 0.2) is 73.1 Å². The second-order valence-corrected chi connectivity index (χ2v) is 5.38. The van der Waals surface area contributed by atoms with Crippen molar-refractivity contribution in [2.75, 3.05) is 7.11 Å². The minimum absolute atomic E-state index is 0.621. The van der Waals surface area contributed by atoms with Crippen molar-refractivity contribution in [3.63, 3.8) is 0 Å². The topological polar surface area (TPSA) is 47.9 Å². The highest BCUT2D eigenvalue weighted by Gasteiger charge is 2.07. The summed E-state index contributed by atoms with van der Waals surface area (Å²) in [4.78, 5) is 13.4. The van der Waals surface area contributed by atoms with Crippen LogP contribution in [0, 0.1) is 0 Å². The fourth-order valence-electron chi connectivity index (χ4n) is 2.69. The van der Waals surface area contributed by atoms with Gasteiger partial charge < -0.3 is 4.74 Å². The van der Waals surface area contributed by atoms with Crippen molar-refractivity contribution in [3.05, 3.63) is 73.1 Å². The van der Waals surface area contributed by atoms with Crippen molar-refractivity contribution < 1.29 is 4.74 Å². The molecule has 0 aliphatic rings. The van der Waals surface area contributed by atoms with Crippen LogP contribution < -0.4 is 4.74 Å². The lowest BCUT2D eigenvalue weighted by molar-refractivity contribution is 0.399. The number of fused-ring (bicyclic) bond motifs is 1. The number of benzene rings is 2. The second-order valence-electron chi connectivity index (χ2n) is 5.38. The van der Waals surface area contributed by atoms with Crippen molar-refractivity contribution in [1.29, 1.82) is 0 Å². The third-order valence-corrected chi connectivity index (χ3v) is 3.90. The lowest BCUT2D eigenvalue weighted by atomic mass is 10.0. The van der Waals surface area contributed by atoms with Gasteiger partial charge in [-0.3, -0.25) is 4.98 Å². The summed E-state index contributed by atoms with van der Waals surface area (Å²) in [5.41, 5.74) is 5.71. The number of hydrogen-bond acceptors (Lipinski definition) is 4. The van der Waals surface area contributed by atoms with Crippen molar-refractivity contribution in [3.8, 4) is 28.3 Å². The van der Waals surface area contributed by atoms with Gasteiger partial charge in [0.05, 0.1) is 30.0 Å². The number of nitrogens with zero attached hydrogens (tertiary/aromatic N) is 3. The molecule has 0 aliphatic carbocycles. The third-order valence-electron chi connectivity index (χ3n) is 3.90. The van der Waals surface area contributed by atoms with Gasteiger partial charge in [-0.1, -0.05) is 36.4 Å². The van der Waals surface area contributed by atoms with E-state index in [9.17, 15) is 0 Å². The predicted octanol–water partition coefficient (Wildman–Crippen LogP) is 4.37. The summed E-state index contributed by atoms with van der Waals surface area (Å²) >= 11 is 0. The molecule has 0 aliphatic heterocycles. The summed E-state index contributed by atoms with van der Waals surface area (Å²) in [5, 5.41) is 0. The third kappa shape index (κ3) is 2.58. The Kier molecular flexibility index (Phi) is 3.63. The zero-order valence-corrected chi connectivity index (χ0v) is 13.2. The van der Waals surface area contributed by atoms with E-state index in [-0.39, 0.29) is 0 Å². The van der Waals surface area contributed by atoms with Gasteiger partial charge in [0.2, 0.25) is 5.88 Å². The lowest BCUT2D eigenvalue weighted by Crippen LogP contribution is -1.91. The summed E-state index contributed by atoms with van der Waals surface area (Å²) in [5.74, 6) is 0.621. The van der Waals surface area contributed by atoms with E-state index < -0.39 is 0 Å². The van der Waals surface area contributed by atoms with E-state index in [1.807, 2.05) is 66.9 Å². The molecule has 0 spiro atoms. The molecule has 4 nitrogen and oxygen atoms in total. The molecule has 4 rings (SSSR count). The minimum Gasteiger partial charge on any atom is -0.481 e. The zero-order chi connectivity index (χ0) is 16.4. The van der Waals surface area contributed by atoms with Crippen LogP contribution >= 0.6 is 0 Å². The minimum atomic E-state index is 0.621. The first-order valence-corrected chi connectivity index (χ1v) is 7.67. The van der Waals surface area contributed by atoms with E-state index >= 15 is 0 Å². The maximum atomic E-state index is 5.33. The van der Waals surface area contributed by atoms with Gasteiger partial charge in [0, 0.05) is 17.3 Å². The number of rotatable bonds is 3. The van der Waals surface area contributed by atoms with Crippen LogP contribution in [0.2, 0.25) is 0 Å². The second kappa shape index (κ2) is 6.08. The van der Waals surface area contributed by atoms with Crippen molar-refractivity contribution >= 4 is 11.0 Å². The number of hydrogen-bond donors (Lipinski definition) is 0. The highest BCUT2D eigenvalue weighted by Crippen LogP contribution is 2.29. The summed E-state index contributed by atoms with van der Waals surface area (Å²) in [7, 11) is 1.63. The average molecular weight is 313 g/mol. The largest absolute Gasteiger partial charge is 0.481 e. The molecule has 0 radical (unpaired) electrons. The normalized spacial score (nSPS) is 10.7. The molecule has 0 saturated heterocycles. The van der Waals surface area contributed by atoms with E-state index in [2.05, 4.69) is 15.0 Å². The molecule has 0 atom stereocenters. The maximum absolute atomic E-state index is 5.33. The molecule has 2 heterocycles. The fourth-order valence-corrected chi connectivity index (χ4v) is 2.69. The van der Waals surface area contributed by atoms with E-state index in [4.69, 9.17) is 4.74 Å². The van der Waals surface area contributed by atoms with Crippen molar-refractivity contribution in [2.24, 2.45) is 0 Å². The summed E-state index contributed by atoms with van der Waals surface area (Å²) < 4.78 is 5.33. The summed E-state index contributed by atoms with van der Waals surface area (Å²) in [6, 6.07) is 20.0. The Morgan fingerprint density at radius 2 is 1.50 bits per heavy atom. The Morgan fingerprint density at radius 1 is 0.750 bits per heavy atom. The first-order chi connectivity index (χ1) is 11.8. The van der Waals surface area contributed by atoms with Gasteiger partial charge in [0.25, 0.3) is 0 Å². The first-order valence-electron chi connectivity index (χ1n) is 7.67. The van der Waals surface area contributed by atoms with Gasteiger partial charge in [-0.2, -0.15) is 0 Å². The maximum Gasteiger partial charge on any atom is 0.221 e. The van der Waals surface area contributed by atoms with Crippen LogP contribution in [0.3, 0.4) is 0 Å². The Balaban J connectivity index is 1.72. The number of para-hydroxylation sites is 2. The molecule has 2 aromatic heterocycles. The summed E-state index contributed by atoms with van der Waals surface area (Å²) in [6.07, 6.45) is 3.53. The molecule has 0 bridgehead atoms. The lowest BCUT2D eigenvalue weighted by Gasteiger charge is -2.08. The van der Waals surface area contributed by atoms with Gasteiger partial charge in [-0.25, -0.2) is 9.97 Å². The van der Waals surface area contributed by atoms with Crippen LogP contribution in [0.1, 0.15) is 0 Å². The van der Waals surface area contributed by atoms with Crippen molar-refractivity contribution in [2.45, 2.75) is 0 Å². The molecule has 0 N–H and O–H groups in total. The summed E-state index contributed by atoms with van der Waals surface area (Å²) in [6.45, 7) is 0. The van der Waals surface area contributed by atoms with Crippen LogP contribution in [-0.4, -0.2) is 22.1 Å². The zero-order valence-electron chi connectivity index (χ0n) is 13.2. The van der Waals surface area contributed by atoms with Gasteiger partial charge >= 0.3 is 0 Å². The molecule has 4 heteroatoms. The van der Waals surface area contributed by atoms with Gasteiger partial charge in [0.15, 0.2) is 0 Å². The highest BCUT2D eigenvalue weighted by molar-refractivity contribution is 5.78. The number of aromatic nitrogens is 3. The smallest absolute Gasteiger partial charge is 0.221 e. The standard InChI is InChI=1S/C20H15N3O/c1-24-20-16(5-4-12-21-20)14-8-10-15(11-9-14)19-13-22-17-6-2-3-7-18(17)23-19/h2-13H,1H3. The highest BCUT2D eigenvalue weighted by atomic mass is 16.5. The fraction of sp³-hybridized carbons (Fsp3) is 0.0500. The molecule has 0 saturated carbocycles. The molecular formula is C20H15N3O. The van der Waals surface area contributed by atoms with E-state index in [1.165, 1.54) is 0 Å². The average Bonchev–Trinajstić information content (AvgIpc) is 2.67. The van der Waals surface area contributed by atoms with Crippen molar-refractivity contribution in [1.82, 2.24) is 15.0 Å². The molecule has 0 unspecified atom stereocenters. The quantitative estimate of drug-likeness (QED) is 0.563. The molecule has 2 aromatic carbocycles. The molecule has 4 aromatic rings. The van der Waals surface area contributed by atoms with E-state index in [1.54, 1.807) is 13.3 Å². The van der Waals surface area contributed by atoms with Crippen LogP contribution in [0.25, 0.3) is 33.4 Å². The molecule has 0 fully saturated rings. The molecule has 0 amide bonds. The molecular weight excluding hydrogens is 298 g/mol.